The summed E-state index contributed by atoms with van der Waals surface area (Å²) in [4.78, 5) is 26.6. The number of aromatic nitrogens is 3. The fraction of sp³-hybridized carbons (Fsp3) is 0.286. The van der Waals surface area contributed by atoms with Crippen LogP contribution in [-0.2, 0) is 0 Å². The Kier molecular flexibility index (Phi) is 4.73. The van der Waals surface area contributed by atoms with Gasteiger partial charge in [-0.2, -0.15) is 0 Å². The van der Waals surface area contributed by atoms with E-state index in [0.717, 1.165) is 40.1 Å². The second-order valence-electron chi connectivity index (χ2n) is 6.91. The average Bonchev–Trinajstić information content (AvgIpc) is 3.02. The highest BCUT2D eigenvalue weighted by atomic mass is 16.5. The molecule has 1 aromatic carbocycles. The van der Waals surface area contributed by atoms with E-state index in [0.29, 0.717) is 18.8 Å². The summed E-state index contributed by atoms with van der Waals surface area (Å²) >= 11 is 0. The maximum atomic E-state index is 12.6. The minimum absolute atomic E-state index is 0.120. The van der Waals surface area contributed by atoms with Gasteiger partial charge in [0.25, 0.3) is 0 Å². The molecule has 144 valence electrons. The Hall–Kier alpha value is -3.35. The topological polar surface area (TPSA) is 83.1 Å². The molecule has 0 unspecified atom stereocenters. The molecule has 2 aromatic heterocycles. The number of ether oxygens (including phenoxy) is 1. The van der Waals surface area contributed by atoms with Crippen LogP contribution in [-0.4, -0.2) is 46.1 Å². The number of fused-ring (bicyclic) bond motifs is 1. The number of nitrogens with one attached hydrogen (secondary N) is 2. The van der Waals surface area contributed by atoms with Gasteiger partial charge >= 0.3 is 6.03 Å². The lowest BCUT2D eigenvalue weighted by atomic mass is 10.0. The minimum Gasteiger partial charge on any atom is -0.497 e. The zero-order valence-corrected chi connectivity index (χ0v) is 16.2. The number of H-pyrrole nitrogens is 1. The van der Waals surface area contributed by atoms with Crippen LogP contribution in [0.1, 0.15) is 23.4 Å². The molecule has 0 atom stereocenters. The zero-order chi connectivity index (χ0) is 19.7. The van der Waals surface area contributed by atoms with Crippen molar-refractivity contribution in [1.82, 2.24) is 19.9 Å². The molecule has 0 aliphatic carbocycles. The number of amides is 2. The molecule has 28 heavy (non-hydrogen) atoms. The van der Waals surface area contributed by atoms with Gasteiger partial charge < -0.3 is 19.9 Å². The number of carbonyl (C=O) groups is 1. The number of carbonyl (C=O) groups excluding carboxylic acids is 1. The lowest BCUT2D eigenvalue weighted by molar-refractivity contribution is 0.217. The first-order valence-corrected chi connectivity index (χ1v) is 9.26. The summed E-state index contributed by atoms with van der Waals surface area (Å²) in [5.74, 6) is 0.712. The number of urea groups is 1. The van der Waals surface area contributed by atoms with Gasteiger partial charge in [-0.25, -0.2) is 14.8 Å². The van der Waals surface area contributed by atoms with Gasteiger partial charge in [-0.1, -0.05) is 12.1 Å². The largest absolute Gasteiger partial charge is 0.497 e. The molecule has 3 aromatic rings. The number of benzene rings is 1. The van der Waals surface area contributed by atoms with E-state index in [-0.39, 0.29) is 6.03 Å². The number of hydrogen-bond donors (Lipinski definition) is 2. The average molecular weight is 377 g/mol. The Balaban J connectivity index is 1.51. The molecule has 4 rings (SSSR count). The van der Waals surface area contributed by atoms with Crippen molar-refractivity contribution in [3.63, 3.8) is 0 Å². The van der Waals surface area contributed by atoms with E-state index in [9.17, 15) is 4.79 Å². The summed E-state index contributed by atoms with van der Waals surface area (Å²) < 4.78 is 5.20. The number of anilines is 1. The predicted molar refractivity (Wildman–Crippen MR) is 110 cm³/mol. The Morgan fingerprint density at radius 3 is 2.89 bits per heavy atom. The van der Waals surface area contributed by atoms with Crippen LogP contribution in [0.3, 0.4) is 0 Å². The van der Waals surface area contributed by atoms with Gasteiger partial charge in [0.05, 0.1) is 12.8 Å². The van der Waals surface area contributed by atoms with Crippen LogP contribution in [0.4, 0.5) is 10.5 Å². The first-order valence-electron chi connectivity index (χ1n) is 9.26. The highest BCUT2D eigenvalue weighted by molar-refractivity contribution is 5.93. The maximum absolute atomic E-state index is 12.6. The van der Waals surface area contributed by atoms with Gasteiger partial charge in [-0.05, 0) is 43.5 Å². The van der Waals surface area contributed by atoms with Crippen LogP contribution in [0.5, 0.6) is 5.75 Å². The molecule has 2 N–H and O–H groups in total. The highest BCUT2D eigenvalue weighted by Crippen LogP contribution is 2.30. The molecule has 1 aliphatic rings. The van der Waals surface area contributed by atoms with E-state index in [1.165, 1.54) is 5.56 Å². The van der Waals surface area contributed by atoms with E-state index < -0.39 is 0 Å². The van der Waals surface area contributed by atoms with Crippen molar-refractivity contribution in [2.24, 2.45) is 0 Å². The Labute approximate surface area is 163 Å². The summed E-state index contributed by atoms with van der Waals surface area (Å²) in [6, 6.07) is 7.23. The Morgan fingerprint density at radius 1 is 1.29 bits per heavy atom. The third-order valence-electron chi connectivity index (χ3n) is 5.21. The molecular formula is C21H23N5O2. The quantitative estimate of drug-likeness (QED) is 0.725. The van der Waals surface area contributed by atoms with E-state index in [1.807, 2.05) is 25.1 Å². The lowest BCUT2D eigenvalue weighted by Crippen LogP contribution is -2.37. The van der Waals surface area contributed by atoms with Crippen LogP contribution >= 0.6 is 0 Å². The summed E-state index contributed by atoms with van der Waals surface area (Å²) in [5.41, 5.74) is 5.96. The number of aromatic amines is 1. The van der Waals surface area contributed by atoms with Crippen LogP contribution in [0.2, 0.25) is 0 Å². The summed E-state index contributed by atoms with van der Waals surface area (Å²) in [6.07, 6.45) is 4.43. The van der Waals surface area contributed by atoms with Gasteiger partial charge in [-0.15, -0.1) is 0 Å². The van der Waals surface area contributed by atoms with E-state index in [2.05, 4.69) is 33.3 Å². The summed E-state index contributed by atoms with van der Waals surface area (Å²) in [5, 5.41) is 4.00. The normalized spacial score (nSPS) is 14.1. The number of rotatable bonds is 3. The van der Waals surface area contributed by atoms with Crippen LogP contribution in [0.15, 0.2) is 36.7 Å². The number of methoxy groups -OCH3 is 1. The number of nitrogens with zero attached hydrogens (tertiary/aromatic N) is 3. The predicted octanol–water partition coefficient (Wildman–Crippen LogP) is 3.90. The third kappa shape index (κ3) is 3.31. The van der Waals surface area contributed by atoms with Crippen molar-refractivity contribution < 1.29 is 9.53 Å². The Bertz CT molecular complexity index is 1070. The smallest absolute Gasteiger partial charge is 0.322 e. The van der Waals surface area contributed by atoms with Crippen LogP contribution < -0.4 is 10.1 Å². The second-order valence-corrected chi connectivity index (χ2v) is 6.91. The van der Waals surface area contributed by atoms with Crippen molar-refractivity contribution in [2.75, 3.05) is 25.5 Å². The van der Waals surface area contributed by atoms with Crippen molar-refractivity contribution in [2.45, 2.75) is 20.3 Å². The fourth-order valence-corrected chi connectivity index (χ4v) is 3.51. The first-order chi connectivity index (χ1) is 13.6. The molecule has 7 heteroatoms. The van der Waals surface area contributed by atoms with Crippen molar-refractivity contribution in [3.05, 3.63) is 53.6 Å². The zero-order valence-electron chi connectivity index (χ0n) is 16.2. The van der Waals surface area contributed by atoms with Gasteiger partial charge in [0.2, 0.25) is 0 Å². The number of aryl methyl sites for hydroxylation is 2. The molecule has 0 radical (unpaired) electrons. The van der Waals surface area contributed by atoms with Crippen molar-refractivity contribution >= 4 is 28.3 Å². The molecule has 0 saturated carbocycles. The van der Waals surface area contributed by atoms with E-state index >= 15 is 0 Å². The lowest BCUT2D eigenvalue weighted by Gasteiger charge is -2.26. The number of hydrogen-bond acceptors (Lipinski definition) is 4. The molecule has 1 aliphatic heterocycles. The SMILES string of the molecule is COc1cccc(NC(=O)N2CC=C(c3ncnc4[nH]c(C)c(C)c34)CC2)c1. The van der Waals surface area contributed by atoms with Gasteiger partial charge in [0.15, 0.2) is 0 Å². The van der Waals surface area contributed by atoms with Crippen LogP contribution in [0.25, 0.3) is 16.6 Å². The van der Waals surface area contributed by atoms with Crippen molar-refractivity contribution in [3.8, 4) is 5.75 Å². The molecule has 0 spiro atoms. The fourth-order valence-electron chi connectivity index (χ4n) is 3.51. The van der Waals surface area contributed by atoms with Crippen molar-refractivity contribution in [1.29, 1.82) is 0 Å². The third-order valence-corrected chi connectivity index (χ3v) is 5.21. The maximum Gasteiger partial charge on any atom is 0.322 e. The monoisotopic (exact) mass is 377 g/mol. The standard InChI is InChI=1S/C21H23N5O2/c1-13-14(2)24-20-18(13)19(22-12-23-20)15-7-9-26(10-8-15)21(27)25-16-5-4-6-17(11-16)28-3/h4-7,11-12H,8-10H2,1-3H3,(H,25,27)(H,22,23,24). The van der Waals surface area contributed by atoms with E-state index in [1.54, 1.807) is 24.4 Å². The molecular weight excluding hydrogens is 354 g/mol. The Morgan fingerprint density at radius 2 is 2.14 bits per heavy atom. The van der Waals surface area contributed by atoms with E-state index in [4.69, 9.17) is 4.74 Å². The minimum atomic E-state index is -0.120. The molecule has 0 saturated heterocycles. The second kappa shape index (κ2) is 7.34. The molecule has 3 heterocycles. The van der Waals surface area contributed by atoms with Gasteiger partial charge in [0, 0.05) is 35.9 Å². The molecule has 0 fully saturated rings. The highest BCUT2D eigenvalue weighted by Gasteiger charge is 2.21. The molecule has 0 bridgehead atoms. The first kappa shape index (κ1) is 18.0. The summed E-state index contributed by atoms with van der Waals surface area (Å²) in [6.45, 7) is 5.30. The van der Waals surface area contributed by atoms with Gasteiger partial charge in [-0.3, -0.25) is 0 Å². The van der Waals surface area contributed by atoms with Crippen LogP contribution in [0, 0.1) is 13.8 Å². The summed E-state index contributed by atoms with van der Waals surface area (Å²) in [7, 11) is 1.61. The molecule has 7 nitrogen and oxygen atoms in total. The van der Waals surface area contributed by atoms with Gasteiger partial charge in [0.1, 0.15) is 17.7 Å². The molecule has 2 amide bonds.